The predicted octanol–water partition coefficient (Wildman–Crippen LogP) is 2.78. The number of nitrogens with zero attached hydrogens (tertiary/aromatic N) is 1. The maximum atomic E-state index is 14.1. The summed E-state index contributed by atoms with van der Waals surface area (Å²) in [6.07, 6.45) is -2.90. The largest absolute Gasteiger partial charge is 0.507 e. The highest BCUT2D eigenvalue weighted by Gasteiger charge is 2.51. The SMILES string of the molecule is COc1ccc2c(O)c(NC(=O)c3ccc(O)c(C(=O)O[C@H]4[C@@H](C)C=C(C)C(=O)c5c(O)c(C)cc6c5C(=O)C5=C(NC[C@](C)(O5)C(=O)[C@@H]4O)C6=O)n3)c(=O)oc2c1. The number of aliphatic hydroxyl groups is 1. The lowest BCUT2D eigenvalue weighted by molar-refractivity contribution is -0.154. The number of anilines is 1. The van der Waals surface area contributed by atoms with Crippen LogP contribution in [-0.2, 0) is 14.3 Å². The number of ether oxygens (including phenoxy) is 3. The molecule has 0 radical (unpaired) electrons. The third-order valence-electron chi connectivity index (χ3n) is 10.1. The second-order valence-electron chi connectivity index (χ2n) is 14.1. The molecular weight excluding hydrogens is 762 g/mol. The van der Waals surface area contributed by atoms with Gasteiger partial charge >= 0.3 is 11.6 Å². The van der Waals surface area contributed by atoms with Crippen LogP contribution < -0.4 is 21.0 Å². The van der Waals surface area contributed by atoms with Crippen molar-refractivity contribution >= 4 is 51.7 Å². The minimum atomic E-state index is -2.25. The molecule has 1 aliphatic carbocycles. The number of benzene rings is 2. The first-order valence-corrected chi connectivity index (χ1v) is 17.5. The molecule has 6 N–H and O–H groups in total. The molecule has 2 aromatic heterocycles. The van der Waals surface area contributed by atoms with Gasteiger partial charge in [0.25, 0.3) is 5.91 Å². The van der Waals surface area contributed by atoms with Crippen LogP contribution in [0.1, 0.15) is 78.4 Å². The Hall–Kier alpha value is -7.34. The van der Waals surface area contributed by atoms with E-state index in [4.69, 9.17) is 18.6 Å². The molecule has 0 saturated carbocycles. The van der Waals surface area contributed by atoms with Gasteiger partial charge < -0.3 is 49.7 Å². The van der Waals surface area contributed by atoms with Gasteiger partial charge in [-0.05, 0) is 62.2 Å². The van der Waals surface area contributed by atoms with Gasteiger partial charge in [-0.1, -0.05) is 13.0 Å². The van der Waals surface area contributed by atoms with Crippen molar-refractivity contribution < 1.29 is 67.8 Å². The predicted molar refractivity (Wildman–Crippen MR) is 198 cm³/mol. The number of ketones is 4. The van der Waals surface area contributed by atoms with E-state index in [1.54, 1.807) is 0 Å². The second-order valence-corrected chi connectivity index (χ2v) is 14.1. The topological polar surface area (TPSA) is 278 Å². The Bertz CT molecular complexity index is 2690. The van der Waals surface area contributed by atoms with Gasteiger partial charge in [0.05, 0.1) is 30.2 Å². The fourth-order valence-electron chi connectivity index (χ4n) is 6.99. The van der Waals surface area contributed by atoms with E-state index in [2.05, 4.69) is 15.6 Å². The van der Waals surface area contributed by atoms with Crippen LogP contribution in [0.2, 0.25) is 0 Å². The van der Waals surface area contributed by atoms with Crippen LogP contribution in [0.5, 0.6) is 23.0 Å². The number of phenolic OH excluding ortho intramolecular Hbond substituents is 1. The first-order valence-electron chi connectivity index (χ1n) is 17.5. The van der Waals surface area contributed by atoms with E-state index in [1.807, 2.05) is 0 Å². The van der Waals surface area contributed by atoms with Crippen molar-refractivity contribution in [3.8, 4) is 23.0 Å². The summed E-state index contributed by atoms with van der Waals surface area (Å²) in [7, 11) is 1.38. The maximum Gasteiger partial charge on any atom is 0.364 e. The Labute approximate surface area is 326 Å². The van der Waals surface area contributed by atoms with Crippen LogP contribution in [0.3, 0.4) is 0 Å². The highest BCUT2D eigenvalue weighted by atomic mass is 16.6. The van der Waals surface area contributed by atoms with Crippen molar-refractivity contribution in [2.75, 3.05) is 19.0 Å². The van der Waals surface area contributed by atoms with Crippen molar-refractivity contribution in [2.24, 2.45) is 5.92 Å². The number of carbonyl (C=O) groups is 6. The van der Waals surface area contributed by atoms with Gasteiger partial charge in [0.2, 0.25) is 17.3 Å². The monoisotopic (exact) mass is 795 g/mol. The van der Waals surface area contributed by atoms with E-state index < -0.39 is 122 Å². The summed E-state index contributed by atoms with van der Waals surface area (Å²) in [4.78, 5) is 99.3. The lowest BCUT2D eigenvalue weighted by atomic mass is 9.82. The number of aryl methyl sites for hydroxylation is 1. The molecule has 0 unspecified atom stereocenters. The van der Waals surface area contributed by atoms with Gasteiger partial charge in [0.15, 0.2) is 40.4 Å². The summed E-state index contributed by atoms with van der Waals surface area (Å²) >= 11 is 0. The standard InChI is InChI=1S/C40H33N3O15/c1-14-10-16(3)34(33(50)36(51)40(4)13-41-26-31(48)19-11-15(2)29(46)24(28(14)45)23(19)32(49)35(26)58-40)57-38(53)25-21(44)9-8-20(42-25)37(52)43-27-30(47)18-7-6-17(55-5)12-22(18)56-39(27)54/h6-12,16,33-34,41,44,46-47,50H,13H2,1-5H3,(H,43,52)/t16-,33+,34-,40-/m0/s1. The Kier molecular flexibility index (Phi) is 9.39. The molecule has 1 amide bonds. The molecule has 0 saturated heterocycles. The normalized spacial score (nSPS) is 21.6. The number of amides is 1. The smallest absolute Gasteiger partial charge is 0.364 e. The number of nitrogens with one attached hydrogen (secondary N) is 2. The lowest BCUT2D eigenvalue weighted by Crippen LogP contribution is -2.59. The van der Waals surface area contributed by atoms with E-state index >= 15 is 0 Å². The van der Waals surface area contributed by atoms with Gasteiger partial charge in [0, 0.05) is 17.5 Å². The summed E-state index contributed by atoms with van der Waals surface area (Å²) in [5, 5.41) is 49.1. The number of hydrogen-bond donors (Lipinski definition) is 6. The van der Waals surface area contributed by atoms with E-state index in [-0.39, 0.29) is 33.4 Å². The number of Topliss-reactive ketones (excluding diaryl/α,β-unsaturated/α-hetero) is 4. The average Bonchev–Trinajstić information content (AvgIpc) is 3.19. The highest BCUT2D eigenvalue weighted by Crippen LogP contribution is 2.40. The van der Waals surface area contributed by atoms with Crippen LogP contribution >= 0.6 is 0 Å². The van der Waals surface area contributed by atoms with Crippen molar-refractivity contribution in [1.29, 1.82) is 0 Å². The minimum absolute atomic E-state index is 0.0455. The zero-order chi connectivity index (χ0) is 42.1. The fourth-order valence-corrected chi connectivity index (χ4v) is 6.99. The van der Waals surface area contributed by atoms with Crippen molar-refractivity contribution in [3.05, 3.63) is 104 Å². The number of fused-ring (bicyclic) bond motifs is 2. The molecule has 58 heavy (non-hydrogen) atoms. The Balaban J connectivity index is 1.24. The number of hydrogen-bond acceptors (Lipinski definition) is 17. The summed E-state index contributed by atoms with van der Waals surface area (Å²) in [5.41, 5.74) is -6.86. The molecular formula is C40H33N3O15. The number of aliphatic hydroxyl groups excluding tert-OH is 1. The van der Waals surface area contributed by atoms with Crippen LogP contribution in [0, 0.1) is 12.8 Å². The summed E-state index contributed by atoms with van der Waals surface area (Å²) in [5.74, 6) is -9.91. The van der Waals surface area contributed by atoms with E-state index in [0.717, 1.165) is 12.1 Å². The molecule has 18 heteroatoms. The summed E-state index contributed by atoms with van der Waals surface area (Å²) < 4.78 is 21.8. The Morgan fingerprint density at radius 2 is 1.69 bits per heavy atom. The molecule has 3 bridgehead atoms. The zero-order valence-corrected chi connectivity index (χ0v) is 31.2. The number of aromatic nitrogens is 1. The minimum Gasteiger partial charge on any atom is -0.507 e. The van der Waals surface area contributed by atoms with Crippen LogP contribution in [0.4, 0.5) is 5.69 Å². The van der Waals surface area contributed by atoms with Gasteiger partial charge in [-0.2, -0.15) is 0 Å². The molecule has 4 heterocycles. The number of aromatic hydroxyl groups is 3. The Morgan fingerprint density at radius 3 is 2.40 bits per heavy atom. The molecule has 298 valence electrons. The summed E-state index contributed by atoms with van der Waals surface area (Å²) in [6, 6.07) is 7.34. The molecule has 2 aromatic carbocycles. The van der Waals surface area contributed by atoms with Gasteiger partial charge in [-0.25, -0.2) is 14.6 Å². The Morgan fingerprint density at radius 1 is 0.966 bits per heavy atom. The van der Waals surface area contributed by atoms with E-state index in [9.17, 15) is 54.0 Å². The maximum absolute atomic E-state index is 14.1. The van der Waals surface area contributed by atoms with Crippen LogP contribution in [0.25, 0.3) is 11.0 Å². The third-order valence-corrected chi connectivity index (χ3v) is 10.1. The van der Waals surface area contributed by atoms with Gasteiger partial charge in [0.1, 0.15) is 40.3 Å². The highest BCUT2D eigenvalue weighted by molar-refractivity contribution is 6.31. The molecule has 0 fully saturated rings. The number of phenols is 1. The molecule has 7 rings (SSSR count). The molecule has 18 nitrogen and oxygen atoms in total. The molecule has 0 spiro atoms. The molecule has 3 aliphatic rings. The van der Waals surface area contributed by atoms with E-state index in [0.29, 0.717) is 5.75 Å². The van der Waals surface area contributed by atoms with Gasteiger partial charge in [-0.15, -0.1) is 0 Å². The molecule has 4 aromatic rings. The number of methoxy groups -OCH3 is 1. The quantitative estimate of drug-likeness (QED) is 0.125. The average molecular weight is 796 g/mol. The fraction of sp³-hybridized carbons (Fsp3) is 0.250. The van der Waals surface area contributed by atoms with Crippen molar-refractivity contribution in [2.45, 2.75) is 45.5 Å². The number of rotatable bonds is 5. The summed E-state index contributed by atoms with van der Waals surface area (Å²) in [6.45, 7) is 4.88. The second kappa shape index (κ2) is 14.0. The first kappa shape index (κ1) is 38.9. The number of pyridine rings is 1. The zero-order valence-electron chi connectivity index (χ0n) is 31.2. The van der Waals surface area contributed by atoms with Crippen molar-refractivity contribution in [3.63, 3.8) is 0 Å². The lowest BCUT2D eigenvalue weighted by Gasteiger charge is -2.39. The first-order chi connectivity index (χ1) is 27.4. The van der Waals surface area contributed by atoms with Crippen LogP contribution in [0.15, 0.2) is 68.7 Å². The molecule has 2 aliphatic heterocycles. The van der Waals surface area contributed by atoms with E-state index in [1.165, 1.54) is 65.1 Å². The number of esters is 1. The van der Waals surface area contributed by atoms with Crippen molar-refractivity contribution in [1.82, 2.24) is 10.3 Å². The number of carbonyl (C=O) groups excluding carboxylic acids is 6. The van der Waals surface area contributed by atoms with Crippen LogP contribution in [-0.4, -0.2) is 91.9 Å². The molecule has 4 atom stereocenters. The van der Waals surface area contributed by atoms with Gasteiger partial charge in [-0.3, -0.25) is 24.0 Å². The number of allylic oxidation sites excluding steroid dienone is 3. The third kappa shape index (κ3) is 6.19.